The van der Waals surface area contributed by atoms with Gasteiger partial charge in [0.1, 0.15) is 0 Å². The first kappa shape index (κ1) is 27.6. The van der Waals surface area contributed by atoms with E-state index in [4.69, 9.17) is 0 Å². The van der Waals surface area contributed by atoms with E-state index >= 15 is 0 Å². The van der Waals surface area contributed by atoms with Gasteiger partial charge in [-0.2, -0.15) is 0 Å². The van der Waals surface area contributed by atoms with Crippen molar-refractivity contribution >= 4 is 29.6 Å². The second-order valence-electron chi connectivity index (χ2n) is 13.8. The molecular weight excluding hydrogens is 507 g/mol. The minimum Gasteiger partial charge on any atom is -0.0736 e. The molecule has 6 rings (SSSR count). The molecule has 0 unspecified atom stereocenters. The van der Waals surface area contributed by atoms with Crippen LogP contribution in [0.4, 0.5) is 0 Å². The van der Waals surface area contributed by atoms with Gasteiger partial charge < -0.3 is 0 Å². The molecule has 0 spiro atoms. The number of nitrogens with zero attached hydrogens (tertiary/aromatic N) is 2. The first-order valence-electron chi connectivity index (χ1n) is 15.1. The summed E-state index contributed by atoms with van der Waals surface area (Å²) in [7, 11) is -1.57. The Kier molecular flexibility index (Phi) is 7.59. The van der Waals surface area contributed by atoms with E-state index in [-0.39, 0.29) is 10.8 Å². The Balaban J connectivity index is 1.21. The van der Waals surface area contributed by atoms with Gasteiger partial charge in [-0.1, -0.05) is 135 Å². The van der Waals surface area contributed by atoms with Gasteiger partial charge in [0.05, 0.1) is 25.2 Å². The Morgan fingerprint density at radius 2 is 1.02 bits per heavy atom. The van der Waals surface area contributed by atoms with Crippen LogP contribution in [-0.4, -0.2) is 34.5 Å². The van der Waals surface area contributed by atoms with Crippen molar-refractivity contribution in [2.75, 3.05) is 13.1 Å². The molecule has 1 saturated carbocycles. The predicted octanol–water partition coefficient (Wildman–Crippen LogP) is 9.42. The average Bonchev–Trinajstić information content (AvgIpc) is 3.18. The van der Waals surface area contributed by atoms with Gasteiger partial charge in [0, 0.05) is 0 Å². The predicted molar refractivity (Wildman–Crippen MR) is 170 cm³/mol. The molecule has 4 aromatic carbocycles. The first-order chi connectivity index (χ1) is 19.2. The van der Waals surface area contributed by atoms with E-state index in [1.807, 2.05) is 0 Å². The average molecular weight is 552 g/mol. The summed E-state index contributed by atoms with van der Waals surface area (Å²) in [6.45, 7) is 11.2. The fraction of sp³-hybridized carbons (Fsp3) is 0.444. The summed E-state index contributed by atoms with van der Waals surface area (Å²) >= 11 is 0. The number of fused-ring (bicyclic) bond motifs is 3. The van der Waals surface area contributed by atoms with Crippen molar-refractivity contribution in [1.82, 2.24) is 9.34 Å². The topological polar surface area (TPSA) is 23.6 Å². The van der Waals surface area contributed by atoms with Gasteiger partial charge in [-0.3, -0.25) is 0 Å². The SMILES string of the molecule is CC(C)(Cc1cccc2ccccc12)CN1[C@@H]2CCCC[C@H]2N(CC(C)(C)Cc2cccc3ccccc23)[P+]1=O. The van der Waals surface area contributed by atoms with Crippen LogP contribution in [0.2, 0.25) is 0 Å². The minimum atomic E-state index is -1.57. The molecule has 2 aliphatic rings. The van der Waals surface area contributed by atoms with Crippen molar-refractivity contribution in [3.8, 4) is 0 Å². The van der Waals surface area contributed by atoms with E-state index in [1.165, 1.54) is 45.5 Å². The summed E-state index contributed by atoms with van der Waals surface area (Å²) in [5, 5.41) is 5.29. The fourth-order valence-corrected chi connectivity index (χ4v) is 9.81. The molecule has 1 aliphatic carbocycles. The van der Waals surface area contributed by atoms with Crippen LogP contribution in [0, 0.1) is 10.8 Å². The maximum Gasteiger partial charge on any atom is 0.538 e. The molecule has 0 N–H and O–H groups in total. The zero-order chi connectivity index (χ0) is 27.9. The highest BCUT2D eigenvalue weighted by molar-refractivity contribution is 7.39. The minimum absolute atomic E-state index is 0.0194. The molecule has 40 heavy (non-hydrogen) atoms. The van der Waals surface area contributed by atoms with Crippen LogP contribution in [0.15, 0.2) is 84.9 Å². The van der Waals surface area contributed by atoms with Gasteiger partial charge in [-0.15, -0.1) is 0 Å². The number of rotatable bonds is 8. The van der Waals surface area contributed by atoms with Crippen molar-refractivity contribution in [2.45, 2.75) is 78.3 Å². The summed E-state index contributed by atoms with van der Waals surface area (Å²) in [5.41, 5.74) is 2.83. The van der Waals surface area contributed by atoms with E-state index in [0.717, 1.165) is 38.8 Å². The van der Waals surface area contributed by atoms with Gasteiger partial charge in [-0.05, 0) is 73.8 Å². The zero-order valence-corrected chi connectivity index (χ0v) is 25.5. The number of hydrogen-bond acceptors (Lipinski definition) is 1. The lowest BCUT2D eigenvalue weighted by Crippen LogP contribution is -2.44. The molecule has 0 amide bonds. The summed E-state index contributed by atoms with van der Waals surface area (Å²) in [5.74, 6) is 0. The fourth-order valence-electron chi connectivity index (χ4n) is 7.46. The molecule has 4 heteroatoms. The van der Waals surface area contributed by atoms with E-state index < -0.39 is 8.10 Å². The first-order valence-corrected chi connectivity index (χ1v) is 16.3. The molecule has 1 saturated heterocycles. The molecule has 0 bridgehead atoms. The Morgan fingerprint density at radius 1 is 0.625 bits per heavy atom. The van der Waals surface area contributed by atoms with Gasteiger partial charge in [0.15, 0.2) is 0 Å². The van der Waals surface area contributed by atoms with E-state index in [9.17, 15) is 4.57 Å². The molecule has 208 valence electrons. The quantitative estimate of drug-likeness (QED) is 0.204. The second-order valence-corrected chi connectivity index (χ2v) is 15.4. The van der Waals surface area contributed by atoms with Crippen molar-refractivity contribution in [2.24, 2.45) is 10.8 Å². The molecule has 0 radical (unpaired) electrons. The Bertz CT molecular complexity index is 1400. The number of benzene rings is 4. The van der Waals surface area contributed by atoms with E-state index in [2.05, 4.69) is 122 Å². The van der Waals surface area contributed by atoms with Crippen LogP contribution in [0.25, 0.3) is 21.5 Å². The van der Waals surface area contributed by atoms with Crippen molar-refractivity contribution in [1.29, 1.82) is 0 Å². The van der Waals surface area contributed by atoms with Gasteiger partial charge in [0.2, 0.25) is 0 Å². The largest absolute Gasteiger partial charge is 0.538 e. The van der Waals surface area contributed by atoms with Gasteiger partial charge in [-0.25, -0.2) is 0 Å². The summed E-state index contributed by atoms with van der Waals surface area (Å²) in [6.07, 6.45) is 6.79. The lowest BCUT2D eigenvalue weighted by molar-refractivity contribution is 0.150. The lowest BCUT2D eigenvalue weighted by atomic mass is 9.82. The molecule has 3 nitrogen and oxygen atoms in total. The number of hydrogen-bond donors (Lipinski definition) is 0. The molecule has 0 aromatic heterocycles. The van der Waals surface area contributed by atoms with Crippen molar-refractivity contribution in [3.05, 3.63) is 96.1 Å². The van der Waals surface area contributed by atoms with Crippen LogP contribution in [-0.2, 0) is 17.4 Å². The highest BCUT2D eigenvalue weighted by Gasteiger charge is 2.59. The molecule has 1 aliphatic heterocycles. The van der Waals surface area contributed by atoms with Gasteiger partial charge >= 0.3 is 8.10 Å². The smallest absolute Gasteiger partial charge is 0.0736 e. The third-order valence-corrected chi connectivity index (χ3v) is 10.9. The molecular formula is C36H44N2OP+. The lowest BCUT2D eigenvalue weighted by Gasteiger charge is -2.32. The Morgan fingerprint density at radius 3 is 1.48 bits per heavy atom. The highest BCUT2D eigenvalue weighted by atomic mass is 31.1. The highest BCUT2D eigenvalue weighted by Crippen LogP contribution is 2.52. The van der Waals surface area contributed by atoms with Crippen LogP contribution in [0.1, 0.15) is 64.5 Å². The standard InChI is InChI=1S/C36H44N2OP/c1-35(2,23-29-17-11-15-27-13-5-7-19-31(27)29)25-37-33-21-9-10-22-34(33)38(40(37)39)26-36(3,4)24-30-18-12-16-28-14-6-8-20-32(28)30/h5-8,11-20,33-34H,9-10,21-26H2,1-4H3/q+1/t33-,34-/m1/s1. The second kappa shape index (κ2) is 11.0. The Labute approximate surface area is 241 Å². The van der Waals surface area contributed by atoms with E-state index in [0.29, 0.717) is 12.1 Å². The maximum atomic E-state index is 14.4. The third-order valence-electron chi connectivity index (χ3n) is 9.18. The summed E-state index contributed by atoms with van der Waals surface area (Å²) in [6, 6.07) is 31.5. The van der Waals surface area contributed by atoms with Crippen molar-refractivity contribution < 1.29 is 4.57 Å². The summed E-state index contributed by atoms with van der Waals surface area (Å²) < 4.78 is 19.2. The Hall–Kier alpha value is -2.58. The monoisotopic (exact) mass is 551 g/mol. The van der Waals surface area contributed by atoms with Crippen LogP contribution >= 0.6 is 8.10 Å². The molecule has 4 aromatic rings. The van der Waals surface area contributed by atoms with E-state index in [1.54, 1.807) is 0 Å². The van der Waals surface area contributed by atoms with Gasteiger partial charge in [0.25, 0.3) is 0 Å². The zero-order valence-electron chi connectivity index (χ0n) is 24.6. The normalized spacial score (nSPS) is 20.9. The maximum absolute atomic E-state index is 14.4. The van der Waals surface area contributed by atoms with Crippen LogP contribution in [0.3, 0.4) is 0 Å². The molecule has 1 heterocycles. The van der Waals surface area contributed by atoms with Crippen LogP contribution < -0.4 is 0 Å². The summed E-state index contributed by atoms with van der Waals surface area (Å²) in [4.78, 5) is 0. The molecule has 2 atom stereocenters. The molecule has 2 fully saturated rings. The third kappa shape index (κ3) is 5.62. The van der Waals surface area contributed by atoms with Crippen molar-refractivity contribution in [3.63, 3.8) is 0 Å². The van der Waals surface area contributed by atoms with Crippen LogP contribution in [0.5, 0.6) is 0 Å².